The second-order valence-corrected chi connectivity index (χ2v) is 12.3. The number of esters is 1. The second kappa shape index (κ2) is 11.2. The summed E-state index contributed by atoms with van der Waals surface area (Å²) in [6.07, 6.45) is -0.622. The van der Waals surface area contributed by atoms with Gasteiger partial charge < -0.3 is 19.7 Å². The Kier molecular flexibility index (Phi) is 7.76. The lowest BCUT2D eigenvalue weighted by atomic mass is 9.94. The number of hydrogen-bond donors (Lipinski definition) is 1. The molecule has 2 aliphatic heterocycles. The number of hydrogen-bond acceptors (Lipinski definition) is 6. The van der Waals surface area contributed by atoms with Crippen molar-refractivity contribution >= 4 is 45.5 Å². The van der Waals surface area contributed by atoms with Gasteiger partial charge in [0.15, 0.2) is 12.7 Å². The quantitative estimate of drug-likeness (QED) is 0.237. The molecule has 0 aliphatic carbocycles. The van der Waals surface area contributed by atoms with Gasteiger partial charge in [0.2, 0.25) is 5.91 Å². The number of ether oxygens (including phenoxy) is 2. The Hall–Kier alpha value is -3.30. The van der Waals surface area contributed by atoms with Crippen LogP contribution in [0.5, 0.6) is 5.75 Å². The van der Waals surface area contributed by atoms with Crippen molar-refractivity contribution in [2.45, 2.75) is 34.8 Å². The van der Waals surface area contributed by atoms with Crippen LogP contribution in [0.3, 0.4) is 0 Å². The highest BCUT2D eigenvalue weighted by atomic mass is 79.9. The average molecular weight is 596 g/mol. The molecule has 1 N–H and O–H groups in total. The summed E-state index contributed by atoms with van der Waals surface area (Å²) in [6.45, 7) is 1.68. The number of β-lactam (4-membered cyclic amide) rings is 1. The number of alkyl halides is 1. The van der Waals surface area contributed by atoms with Gasteiger partial charge >= 0.3 is 5.97 Å². The predicted octanol–water partition coefficient (Wildman–Crippen LogP) is 4.32. The van der Waals surface area contributed by atoms with Crippen LogP contribution in [-0.2, 0) is 19.1 Å². The van der Waals surface area contributed by atoms with Gasteiger partial charge in [0.05, 0.1) is 4.32 Å². The van der Waals surface area contributed by atoms with E-state index in [-0.39, 0.29) is 17.9 Å². The molecule has 38 heavy (non-hydrogen) atoms. The van der Waals surface area contributed by atoms with E-state index in [1.54, 1.807) is 12.1 Å². The average Bonchev–Trinajstić information content (AvgIpc) is 2.94. The molecule has 2 saturated heterocycles. The molecule has 2 fully saturated rings. The summed E-state index contributed by atoms with van der Waals surface area (Å²) in [6, 6.07) is 26.5. The fraction of sp³-hybridized carbons (Fsp3) is 0.276. The third-order valence-electron chi connectivity index (χ3n) is 6.56. The summed E-state index contributed by atoms with van der Waals surface area (Å²) in [5.41, 5.74) is 1.67. The van der Waals surface area contributed by atoms with Gasteiger partial charge in [-0.15, -0.1) is 11.8 Å². The number of para-hydroxylation sites is 1. The number of benzene rings is 3. The SMILES string of the molecule is CC1(Br)CS[C@@H]2C(NC(=O)COc3ccccc3)C(=O)N2C1C(=O)OC(c1ccccc1)c1ccccc1. The van der Waals surface area contributed by atoms with Crippen LogP contribution in [0.1, 0.15) is 24.2 Å². The van der Waals surface area contributed by atoms with Crippen LogP contribution < -0.4 is 10.1 Å². The smallest absolute Gasteiger partial charge is 0.331 e. The first-order valence-corrected chi connectivity index (χ1v) is 14.1. The minimum atomic E-state index is -0.857. The highest BCUT2D eigenvalue weighted by Crippen LogP contribution is 2.46. The zero-order chi connectivity index (χ0) is 26.7. The van der Waals surface area contributed by atoms with E-state index in [4.69, 9.17) is 9.47 Å². The van der Waals surface area contributed by atoms with Crippen molar-refractivity contribution in [3.63, 3.8) is 0 Å². The van der Waals surface area contributed by atoms with Crippen molar-refractivity contribution in [3.8, 4) is 5.75 Å². The monoisotopic (exact) mass is 594 g/mol. The van der Waals surface area contributed by atoms with E-state index in [2.05, 4.69) is 21.2 Å². The number of rotatable bonds is 8. The molecule has 3 unspecified atom stereocenters. The summed E-state index contributed by atoms with van der Waals surface area (Å²) in [5, 5.41) is 2.39. The number of carbonyl (C=O) groups excluding carboxylic acids is 3. The van der Waals surface area contributed by atoms with Gasteiger partial charge in [0.25, 0.3) is 5.91 Å². The Labute approximate surface area is 234 Å². The summed E-state index contributed by atoms with van der Waals surface area (Å²) >= 11 is 5.21. The number of nitrogens with one attached hydrogen (secondary N) is 1. The highest BCUT2D eigenvalue weighted by Gasteiger charge is 2.61. The number of fused-ring (bicyclic) bond motifs is 1. The van der Waals surface area contributed by atoms with Gasteiger partial charge in [0, 0.05) is 5.75 Å². The van der Waals surface area contributed by atoms with Crippen molar-refractivity contribution in [3.05, 3.63) is 102 Å². The molecule has 2 heterocycles. The molecular weight excluding hydrogens is 568 g/mol. The zero-order valence-electron chi connectivity index (χ0n) is 20.7. The molecule has 9 heteroatoms. The first-order valence-electron chi connectivity index (χ1n) is 12.3. The van der Waals surface area contributed by atoms with Crippen LogP contribution in [0.2, 0.25) is 0 Å². The van der Waals surface area contributed by atoms with E-state index in [1.807, 2.05) is 85.8 Å². The molecule has 7 nitrogen and oxygen atoms in total. The molecule has 0 spiro atoms. The van der Waals surface area contributed by atoms with Gasteiger partial charge in [-0.1, -0.05) is 94.8 Å². The van der Waals surface area contributed by atoms with Crippen LogP contribution in [0.15, 0.2) is 91.0 Å². The molecule has 5 rings (SSSR count). The Morgan fingerprint density at radius 3 is 2.13 bits per heavy atom. The van der Waals surface area contributed by atoms with Crippen LogP contribution in [-0.4, -0.2) is 56.8 Å². The standard InChI is InChI=1S/C29H27BrN2O5S/c1-29(30)18-38-27-23(31-22(33)17-36-21-15-9-4-10-16-21)26(34)32(27)25(29)28(35)37-24(19-11-5-2-6-12-19)20-13-7-3-8-14-20/h2-16,23-25,27H,17-18H2,1H3,(H,31,33)/t23?,25?,27-,29?/m1/s1. The van der Waals surface area contributed by atoms with Gasteiger partial charge in [-0.2, -0.15) is 0 Å². The fourth-order valence-corrected chi connectivity index (χ4v) is 6.91. The summed E-state index contributed by atoms with van der Waals surface area (Å²) in [5.74, 6) is -0.0978. The maximum absolute atomic E-state index is 13.7. The first-order chi connectivity index (χ1) is 18.3. The van der Waals surface area contributed by atoms with E-state index < -0.39 is 34.4 Å². The lowest BCUT2D eigenvalue weighted by molar-refractivity contribution is -0.169. The summed E-state index contributed by atoms with van der Waals surface area (Å²) < 4.78 is 10.9. The van der Waals surface area contributed by atoms with Gasteiger partial charge in [-0.25, -0.2) is 4.79 Å². The fourth-order valence-electron chi connectivity index (χ4n) is 4.69. The Balaban J connectivity index is 1.30. The van der Waals surface area contributed by atoms with Crippen molar-refractivity contribution in [2.24, 2.45) is 0 Å². The number of halogens is 1. The minimum absolute atomic E-state index is 0.206. The molecule has 4 atom stereocenters. The number of thioether (sulfide) groups is 1. The van der Waals surface area contributed by atoms with E-state index in [0.717, 1.165) is 11.1 Å². The van der Waals surface area contributed by atoms with Gasteiger partial charge in [-0.3, -0.25) is 9.59 Å². The Morgan fingerprint density at radius 2 is 1.55 bits per heavy atom. The number of amides is 2. The Morgan fingerprint density at radius 1 is 1.00 bits per heavy atom. The van der Waals surface area contributed by atoms with Crippen LogP contribution in [0.4, 0.5) is 0 Å². The summed E-state index contributed by atoms with van der Waals surface area (Å²) in [7, 11) is 0. The van der Waals surface area contributed by atoms with Crippen LogP contribution >= 0.6 is 27.7 Å². The van der Waals surface area contributed by atoms with Gasteiger partial charge in [0.1, 0.15) is 23.2 Å². The molecule has 3 aromatic carbocycles. The number of nitrogens with zero attached hydrogens (tertiary/aromatic N) is 1. The van der Waals surface area contributed by atoms with E-state index in [1.165, 1.54) is 16.7 Å². The molecule has 0 radical (unpaired) electrons. The third-order valence-corrected chi connectivity index (χ3v) is 9.25. The van der Waals surface area contributed by atoms with E-state index in [0.29, 0.717) is 11.5 Å². The van der Waals surface area contributed by atoms with E-state index >= 15 is 0 Å². The lowest BCUT2D eigenvalue weighted by Gasteiger charge is -2.56. The molecule has 0 saturated carbocycles. The molecule has 0 aromatic heterocycles. The van der Waals surface area contributed by atoms with Crippen molar-refractivity contribution in [1.29, 1.82) is 0 Å². The van der Waals surface area contributed by atoms with Crippen molar-refractivity contribution < 1.29 is 23.9 Å². The van der Waals surface area contributed by atoms with Crippen LogP contribution in [0.25, 0.3) is 0 Å². The largest absolute Gasteiger partial charge is 0.484 e. The maximum Gasteiger partial charge on any atom is 0.331 e. The zero-order valence-corrected chi connectivity index (χ0v) is 23.1. The highest BCUT2D eigenvalue weighted by molar-refractivity contribution is 9.10. The van der Waals surface area contributed by atoms with Gasteiger partial charge in [-0.05, 0) is 30.2 Å². The normalized spacial score (nSPS) is 24.2. The third kappa shape index (κ3) is 5.44. The van der Waals surface area contributed by atoms with Crippen molar-refractivity contribution in [1.82, 2.24) is 10.2 Å². The second-order valence-electron chi connectivity index (χ2n) is 9.41. The summed E-state index contributed by atoms with van der Waals surface area (Å²) in [4.78, 5) is 41.0. The molecule has 2 amide bonds. The molecule has 3 aromatic rings. The van der Waals surface area contributed by atoms with Crippen LogP contribution in [0, 0.1) is 0 Å². The molecular formula is C29H27BrN2O5S. The van der Waals surface area contributed by atoms with Crippen molar-refractivity contribution in [2.75, 3.05) is 12.4 Å². The number of carbonyl (C=O) groups is 3. The molecule has 196 valence electrons. The molecule has 2 aliphatic rings. The lowest BCUT2D eigenvalue weighted by Crippen LogP contribution is -2.78. The maximum atomic E-state index is 13.7. The minimum Gasteiger partial charge on any atom is -0.484 e. The van der Waals surface area contributed by atoms with E-state index in [9.17, 15) is 14.4 Å². The Bertz CT molecular complexity index is 1250. The first kappa shape index (κ1) is 26.3. The predicted molar refractivity (Wildman–Crippen MR) is 149 cm³/mol. The molecule has 0 bridgehead atoms. The topological polar surface area (TPSA) is 84.9 Å².